The van der Waals surface area contributed by atoms with Gasteiger partial charge >= 0.3 is 5.97 Å². The number of ether oxygens (including phenoxy) is 2. The Labute approximate surface area is 136 Å². The van der Waals surface area contributed by atoms with Crippen LogP contribution in [0.3, 0.4) is 0 Å². The number of carbonyl (C=O) groups is 2. The molecule has 1 saturated carbocycles. The third kappa shape index (κ3) is 4.01. The third-order valence-corrected chi connectivity index (χ3v) is 4.44. The monoisotopic (exact) mass is 321 g/mol. The third-order valence-electron chi connectivity index (χ3n) is 4.44. The van der Waals surface area contributed by atoms with Crippen molar-refractivity contribution in [3.63, 3.8) is 0 Å². The quantitative estimate of drug-likeness (QED) is 0.795. The van der Waals surface area contributed by atoms with E-state index in [1.807, 2.05) is 0 Å². The summed E-state index contributed by atoms with van der Waals surface area (Å²) in [5.74, 6) is -0.443. The Bertz CT molecular complexity index is 551. The highest BCUT2D eigenvalue weighted by atomic mass is 16.5. The first-order valence-electron chi connectivity index (χ1n) is 7.70. The molecule has 126 valence electrons. The van der Waals surface area contributed by atoms with Gasteiger partial charge in [-0.05, 0) is 43.5 Å². The van der Waals surface area contributed by atoms with Crippen LogP contribution in [0.15, 0.2) is 24.3 Å². The molecule has 0 aromatic heterocycles. The second kappa shape index (κ2) is 7.46. The Balaban J connectivity index is 2.02. The minimum atomic E-state index is -1.02. The highest BCUT2D eigenvalue weighted by Gasteiger charge is 2.45. The maximum atomic E-state index is 12.8. The van der Waals surface area contributed by atoms with Crippen LogP contribution in [0.1, 0.15) is 25.7 Å². The Hall–Kier alpha value is -2.08. The van der Waals surface area contributed by atoms with Gasteiger partial charge < -0.3 is 19.5 Å². The fourth-order valence-electron chi connectivity index (χ4n) is 2.86. The van der Waals surface area contributed by atoms with Gasteiger partial charge in [0.25, 0.3) is 0 Å². The predicted octanol–water partition coefficient (Wildman–Crippen LogP) is 2.32. The predicted molar refractivity (Wildman–Crippen MR) is 85.8 cm³/mol. The number of hydrogen-bond donors (Lipinski definition) is 1. The summed E-state index contributed by atoms with van der Waals surface area (Å²) in [6.45, 7) is 0.204. The van der Waals surface area contributed by atoms with E-state index >= 15 is 0 Å². The van der Waals surface area contributed by atoms with Gasteiger partial charge in [-0.15, -0.1) is 0 Å². The van der Waals surface area contributed by atoms with Crippen LogP contribution in [-0.4, -0.2) is 44.4 Å². The van der Waals surface area contributed by atoms with Crippen LogP contribution in [0.2, 0.25) is 0 Å². The number of carboxylic acids is 1. The van der Waals surface area contributed by atoms with Crippen molar-refractivity contribution < 1.29 is 24.2 Å². The summed E-state index contributed by atoms with van der Waals surface area (Å²) in [7, 11) is 3.42. The Kier molecular flexibility index (Phi) is 5.60. The lowest BCUT2D eigenvalue weighted by Gasteiger charge is -2.42. The fourth-order valence-corrected chi connectivity index (χ4v) is 2.86. The molecule has 1 amide bonds. The number of amides is 1. The average Bonchev–Trinajstić information content (AvgIpc) is 2.51. The van der Waals surface area contributed by atoms with E-state index in [4.69, 9.17) is 14.6 Å². The lowest BCUT2D eigenvalue weighted by molar-refractivity contribution is -0.139. The highest BCUT2D eigenvalue weighted by Crippen LogP contribution is 2.45. The molecule has 23 heavy (non-hydrogen) atoms. The number of nitrogens with zero attached hydrogens (tertiary/aromatic N) is 1. The number of carboxylic acid groups (broad SMARTS) is 1. The molecule has 0 saturated heterocycles. The molecule has 2 rings (SSSR count). The summed E-state index contributed by atoms with van der Waals surface area (Å²) in [5.41, 5.74) is 0.463. The zero-order chi connectivity index (χ0) is 16.9. The van der Waals surface area contributed by atoms with Crippen molar-refractivity contribution >= 4 is 17.6 Å². The van der Waals surface area contributed by atoms with E-state index in [2.05, 4.69) is 0 Å². The summed E-state index contributed by atoms with van der Waals surface area (Å²) in [6, 6.07) is 6.87. The molecule has 1 fully saturated rings. The molecule has 1 N–H and O–H groups in total. The van der Waals surface area contributed by atoms with Crippen LogP contribution >= 0.6 is 0 Å². The first kappa shape index (κ1) is 17.3. The number of rotatable bonds is 8. The van der Waals surface area contributed by atoms with Crippen LogP contribution in [0.25, 0.3) is 0 Å². The molecule has 0 radical (unpaired) electrons. The minimum absolute atomic E-state index is 0.111. The van der Waals surface area contributed by atoms with Gasteiger partial charge in [-0.3, -0.25) is 4.79 Å². The van der Waals surface area contributed by atoms with E-state index in [0.717, 1.165) is 31.4 Å². The minimum Gasteiger partial charge on any atom is -0.482 e. The van der Waals surface area contributed by atoms with E-state index in [0.29, 0.717) is 12.4 Å². The number of anilines is 1. The van der Waals surface area contributed by atoms with Crippen molar-refractivity contribution in [2.24, 2.45) is 5.41 Å². The molecule has 1 aliphatic carbocycles. The summed E-state index contributed by atoms with van der Waals surface area (Å²) in [6.07, 6.45) is 3.62. The molecule has 0 heterocycles. The molecular weight excluding hydrogens is 298 g/mol. The molecule has 1 aliphatic rings. The number of carbonyl (C=O) groups excluding carboxylic acids is 1. The van der Waals surface area contributed by atoms with Gasteiger partial charge in [-0.1, -0.05) is 6.42 Å². The van der Waals surface area contributed by atoms with Gasteiger partial charge in [-0.25, -0.2) is 4.79 Å². The van der Waals surface area contributed by atoms with Crippen molar-refractivity contribution in [3.05, 3.63) is 24.3 Å². The number of hydrogen-bond acceptors (Lipinski definition) is 4. The molecule has 6 heteroatoms. The van der Waals surface area contributed by atoms with Gasteiger partial charge in [0.15, 0.2) is 6.61 Å². The SMILES string of the molecule is COCCC1(C(=O)N(C)c2ccc(OCC(=O)O)cc2)CCC1. The summed E-state index contributed by atoms with van der Waals surface area (Å²) >= 11 is 0. The number of benzene rings is 1. The van der Waals surface area contributed by atoms with Crippen molar-refractivity contribution in [2.75, 3.05) is 32.3 Å². The fraction of sp³-hybridized carbons (Fsp3) is 0.529. The van der Waals surface area contributed by atoms with Gasteiger partial charge in [0, 0.05) is 26.5 Å². The second-order valence-electron chi connectivity index (χ2n) is 5.92. The molecule has 1 aromatic carbocycles. The van der Waals surface area contributed by atoms with Crippen LogP contribution in [0, 0.1) is 5.41 Å². The lowest BCUT2D eigenvalue weighted by Crippen LogP contribution is -2.47. The molecule has 0 aliphatic heterocycles. The Morgan fingerprint density at radius 3 is 2.39 bits per heavy atom. The van der Waals surface area contributed by atoms with Gasteiger partial charge in [0.2, 0.25) is 5.91 Å². The second-order valence-corrected chi connectivity index (χ2v) is 5.92. The summed E-state index contributed by atoms with van der Waals surface area (Å²) in [5, 5.41) is 8.60. The Morgan fingerprint density at radius 1 is 1.26 bits per heavy atom. The molecular formula is C17H23NO5. The topological polar surface area (TPSA) is 76.1 Å². The van der Waals surface area contributed by atoms with Crippen LogP contribution in [0.4, 0.5) is 5.69 Å². The normalized spacial score (nSPS) is 15.6. The van der Waals surface area contributed by atoms with Gasteiger partial charge in [0.05, 0.1) is 5.41 Å². The highest BCUT2D eigenvalue weighted by molar-refractivity contribution is 5.97. The van der Waals surface area contributed by atoms with E-state index in [1.165, 1.54) is 0 Å². The van der Waals surface area contributed by atoms with Crippen LogP contribution in [0.5, 0.6) is 5.75 Å². The van der Waals surface area contributed by atoms with E-state index in [9.17, 15) is 9.59 Å². The van der Waals surface area contributed by atoms with Crippen molar-refractivity contribution in [1.29, 1.82) is 0 Å². The molecule has 0 atom stereocenters. The zero-order valence-corrected chi connectivity index (χ0v) is 13.6. The molecule has 1 aromatic rings. The van der Waals surface area contributed by atoms with E-state index in [-0.39, 0.29) is 17.9 Å². The lowest BCUT2D eigenvalue weighted by atomic mass is 9.66. The molecule has 0 bridgehead atoms. The van der Waals surface area contributed by atoms with Gasteiger partial charge in [-0.2, -0.15) is 0 Å². The number of methoxy groups -OCH3 is 1. The Morgan fingerprint density at radius 2 is 1.91 bits per heavy atom. The van der Waals surface area contributed by atoms with Crippen LogP contribution < -0.4 is 9.64 Å². The standard InChI is InChI=1S/C17H23NO5/c1-18(16(21)17(8-3-9-17)10-11-22-2)13-4-6-14(7-5-13)23-12-15(19)20/h4-7H,3,8-12H2,1-2H3,(H,19,20). The maximum Gasteiger partial charge on any atom is 0.341 e. The first-order valence-corrected chi connectivity index (χ1v) is 7.70. The van der Waals surface area contributed by atoms with Crippen molar-refractivity contribution in [3.8, 4) is 5.75 Å². The zero-order valence-electron chi connectivity index (χ0n) is 13.6. The maximum absolute atomic E-state index is 12.8. The molecule has 0 unspecified atom stereocenters. The molecule has 6 nitrogen and oxygen atoms in total. The molecule has 0 spiro atoms. The smallest absolute Gasteiger partial charge is 0.341 e. The van der Waals surface area contributed by atoms with E-state index < -0.39 is 5.97 Å². The number of aliphatic carboxylic acids is 1. The van der Waals surface area contributed by atoms with Gasteiger partial charge in [0.1, 0.15) is 5.75 Å². The average molecular weight is 321 g/mol. The largest absolute Gasteiger partial charge is 0.482 e. The first-order chi connectivity index (χ1) is 11.0. The summed E-state index contributed by atoms with van der Waals surface area (Å²) in [4.78, 5) is 25.0. The van der Waals surface area contributed by atoms with Crippen molar-refractivity contribution in [2.45, 2.75) is 25.7 Å². The van der Waals surface area contributed by atoms with Crippen LogP contribution in [-0.2, 0) is 14.3 Å². The van der Waals surface area contributed by atoms with E-state index in [1.54, 1.807) is 43.3 Å². The van der Waals surface area contributed by atoms with Crippen molar-refractivity contribution in [1.82, 2.24) is 0 Å². The summed E-state index contributed by atoms with van der Waals surface area (Å²) < 4.78 is 10.2.